The molecular weight excluding hydrogens is 297 g/mol. The Morgan fingerprint density at radius 1 is 1.09 bits per heavy atom. The van der Waals surface area contributed by atoms with Crippen LogP contribution in [0.25, 0.3) is 11.3 Å². The molecule has 0 aliphatic rings. The van der Waals surface area contributed by atoms with Gasteiger partial charge in [-0.1, -0.05) is 6.07 Å². The number of hydrogen-bond acceptors (Lipinski definition) is 4. The van der Waals surface area contributed by atoms with Gasteiger partial charge >= 0.3 is 0 Å². The standard InChI is InChI=1S/C17H16FN3S/c1-10-5-4-8-19-16(10)21-17-20-15(12(3)22-17)13-6-7-14(18)11(2)9-13/h4-9H,1-3H3,(H,19,20,21). The summed E-state index contributed by atoms with van der Waals surface area (Å²) < 4.78 is 13.4. The van der Waals surface area contributed by atoms with E-state index in [9.17, 15) is 4.39 Å². The quantitative estimate of drug-likeness (QED) is 0.738. The van der Waals surface area contributed by atoms with E-state index in [1.807, 2.05) is 32.0 Å². The van der Waals surface area contributed by atoms with Crippen LogP contribution in [-0.4, -0.2) is 9.97 Å². The first kappa shape index (κ1) is 14.7. The molecule has 0 radical (unpaired) electrons. The molecule has 0 bridgehead atoms. The second-order valence-electron chi connectivity index (χ2n) is 5.18. The van der Waals surface area contributed by atoms with E-state index >= 15 is 0 Å². The predicted molar refractivity (Wildman–Crippen MR) is 89.2 cm³/mol. The molecule has 5 heteroatoms. The smallest absolute Gasteiger partial charge is 0.189 e. The van der Waals surface area contributed by atoms with Crippen molar-refractivity contribution in [2.24, 2.45) is 0 Å². The van der Waals surface area contributed by atoms with E-state index in [0.29, 0.717) is 5.56 Å². The first-order chi connectivity index (χ1) is 10.5. The maximum Gasteiger partial charge on any atom is 0.189 e. The molecule has 3 nitrogen and oxygen atoms in total. The number of thiazole rings is 1. The van der Waals surface area contributed by atoms with Crippen molar-refractivity contribution in [2.45, 2.75) is 20.8 Å². The van der Waals surface area contributed by atoms with E-state index in [1.54, 1.807) is 30.5 Å². The lowest BCUT2D eigenvalue weighted by atomic mass is 10.1. The molecule has 112 valence electrons. The molecular formula is C17H16FN3S. The lowest BCUT2D eigenvalue weighted by molar-refractivity contribution is 0.619. The Bertz CT molecular complexity index is 827. The number of halogens is 1. The van der Waals surface area contributed by atoms with Gasteiger partial charge in [-0.15, -0.1) is 11.3 Å². The summed E-state index contributed by atoms with van der Waals surface area (Å²) in [6, 6.07) is 8.98. The number of pyridine rings is 1. The minimum Gasteiger partial charge on any atom is -0.316 e. The molecule has 1 aromatic carbocycles. The van der Waals surface area contributed by atoms with E-state index in [4.69, 9.17) is 0 Å². The summed E-state index contributed by atoms with van der Waals surface area (Å²) >= 11 is 1.57. The first-order valence-corrected chi connectivity index (χ1v) is 7.79. The molecule has 0 spiro atoms. The Morgan fingerprint density at radius 3 is 2.64 bits per heavy atom. The van der Waals surface area contributed by atoms with Crippen molar-refractivity contribution in [1.29, 1.82) is 0 Å². The first-order valence-electron chi connectivity index (χ1n) is 6.97. The maximum absolute atomic E-state index is 13.4. The van der Waals surface area contributed by atoms with Crippen LogP contribution in [0.4, 0.5) is 15.3 Å². The van der Waals surface area contributed by atoms with Gasteiger partial charge in [-0.2, -0.15) is 0 Å². The van der Waals surface area contributed by atoms with Crippen LogP contribution in [0.15, 0.2) is 36.5 Å². The van der Waals surface area contributed by atoms with Crippen LogP contribution >= 0.6 is 11.3 Å². The number of aryl methyl sites for hydroxylation is 3. The number of hydrogen-bond donors (Lipinski definition) is 1. The molecule has 0 unspecified atom stereocenters. The normalized spacial score (nSPS) is 10.7. The Hall–Kier alpha value is -2.27. The van der Waals surface area contributed by atoms with Gasteiger partial charge in [0.2, 0.25) is 0 Å². The second-order valence-corrected chi connectivity index (χ2v) is 6.38. The van der Waals surface area contributed by atoms with Crippen molar-refractivity contribution in [1.82, 2.24) is 9.97 Å². The number of aromatic nitrogens is 2. The third-order valence-electron chi connectivity index (χ3n) is 3.46. The van der Waals surface area contributed by atoms with Crippen LogP contribution in [0.3, 0.4) is 0 Å². The largest absolute Gasteiger partial charge is 0.316 e. The highest BCUT2D eigenvalue weighted by Crippen LogP contribution is 2.32. The topological polar surface area (TPSA) is 37.8 Å². The fraction of sp³-hybridized carbons (Fsp3) is 0.176. The van der Waals surface area contributed by atoms with Crippen LogP contribution in [0, 0.1) is 26.6 Å². The number of nitrogens with zero attached hydrogens (tertiary/aromatic N) is 2. The summed E-state index contributed by atoms with van der Waals surface area (Å²) in [5.74, 6) is 0.608. The molecule has 3 aromatic rings. The van der Waals surface area contributed by atoms with Crippen LogP contribution in [0.5, 0.6) is 0 Å². The van der Waals surface area contributed by atoms with Crippen molar-refractivity contribution in [2.75, 3.05) is 5.32 Å². The lowest BCUT2D eigenvalue weighted by Gasteiger charge is -2.04. The van der Waals surface area contributed by atoms with E-state index < -0.39 is 0 Å². The zero-order chi connectivity index (χ0) is 15.7. The molecule has 1 N–H and O–H groups in total. The van der Waals surface area contributed by atoms with Crippen molar-refractivity contribution >= 4 is 22.3 Å². The van der Waals surface area contributed by atoms with Crippen molar-refractivity contribution in [3.63, 3.8) is 0 Å². The second kappa shape index (κ2) is 5.85. The SMILES string of the molecule is Cc1cc(-c2nc(Nc3ncccc3C)sc2C)ccc1F. The predicted octanol–water partition coefficient (Wildman–Crippen LogP) is 5.01. The van der Waals surface area contributed by atoms with Crippen molar-refractivity contribution < 1.29 is 4.39 Å². The summed E-state index contributed by atoms with van der Waals surface area (Å²) in [6.07, 6.45) is 1.75. The Kier molecular flexibility index (Phi) is 3.90. The molecule has 0 aliphatic heterocycles. The third-order valence-corrected chi connectivity index (χ3v) is 4.35. The molecule has 0 atom stereocenters. The molecule has 0 amide bonds. The zero-order valence-electron chi connectivity index (χ0n) is 12.6. The van der Waals surface area contributed by atoms with Crippen molar-refractivity contribution in [3.8, 4) is 11.3 Å². The fourth-order valence-electron chi connectivity index (χ4n) is 2.23. The highest BCUT2D eigenvalue weighted by Gasteiger charge is 2.12. The van der Waals surface area contributed by atoms with Crippen molar-refractivity contribution in [3.05, 3.63) is 58.3 Å². The van der Waals surface area contributed by atoms with E-state index in [0.717, 1.165) is 32.6 Å². The molecule has 0 saturated carbocycles. The van der Waals surface area contributed by atoms with Crippen LogP contribution in [0.2, 0.25) is 0 Å². The van der Waals surface area contributed by atoms with E-state index in [1.165, 1.54) is 6.07 Å². The van der Waals surface area contributed by atoms with Crippen LogP contribution in [-0.2, 0) is 0 Å². The van der Waals surface area contributed by atoms with Gasteiger partial charge in [-0.05, 0) is 56.2 Å². The summed E-state index contributed by atoms with van der Waals surface area (Å²) in [5.41, 5.74) is 3.50. The molecule has 0 fully saturated rings. The van der Waals surface area contributed by atoms with E-state index in [-0.39, 0.29) is 5.82 Å². The summed E-state index contributed by atoms with van der Waals surface area (Å²) in [4.78, 5) is 10.0. The monoisotopic (exact) mass is 313 g/mol. The molecule has 0 saturated heterocycles. The van der Waals surface area contributed by atoms with E-state index in [2.05, 4.69) is 15.3 Å². The average Bonchev–Trinajstić information content (AvgIpc) is 2.85. The summed E-state index contributed by atoms with van der Waals surface area (Å²) in [6.45, 7) is 5.78. The van der Waals surface area contributed by atoms with Gasteiger partial charge in [-0.25, -0.2) is 14.4 Å². The number of anilines is 2. The van der Waals surface area contributed by atoms with Gasteiger partial charge < -0.3 is 5.32 Å². The lowest BCUT2D eigenvalue weighted by Crippen LogP contribution is -1.95. The van der Waals surface area contributed by atoms with Gasteiger partial charge in [0.15, 0.2) is 5.13 Å². The minimum absolute atomic E-state index is 0.195. The Morgan fingerprint density at radius 2 is 1.91 bits per heavy atom. The zero-order valence-corrected chi connectivity index (χ0v) is 13.5. The molecule has 22 heavy (non-hydrogen) atoms. The minimum atomic E-state index is -0.195. The summed E-state index contributed by atoms with van der Waals surface area (Å²) in [5, 5.41) is 4.04. The fourth-order valence-corrected chi connectivity index (χ4v) is 3.06. The van der Waals surface area contributed by atoms with Crippen LogP contribution in [0.1, 0.15) is 16.0 Å². The average molecular weight is 313 g/mol. The van der Waals surface area contributed by atoms with Gasteiger partial charge in [0.05, 0.1) is 5.69 Å². The van der Waals surface area contributed by atoms with Gasteiger partial charge in [0.1, 0.15) is 11.6 Å². The molecule has 3 rings (SSSR count). The Balaban J connectivity index is 1.94. The van der Waals surface area contributed by atoms with Crippen LogP contribution < -0.4 is 5.32 Å². The Labute approximate surface area is 132 Å². The molecule has 2 heterocycles. The number of benzene rings is 1. The van der Waals surface area contributed by atoms with Gasteiger partial charge in [0, 0.05) is 16.6 Å². The van der Waals surface area contributed by atoms with Gasteiger partial charge in [-0.3, -0.25) is 0 Å². The highest BCUT2D eigenvalue weighted by molar-refractivity contribution is 7.16. The number of nitrogens with one attached hydrogen (secondary N) is 1. The van der Waals surface area contributed by atoms with Gasteiger partial charge in [0.25, 0.3) is 0 Å². The number of rotatable bonds is 3. The maximum atomic E-state index is 13.4. The third kappa shape index (κ3) is 2.85. The molecule has 2 aromatic heterocycles. The molecule has 0 aliphatic carbocycles. The highest BCUT2D eigenvalue weighted by atomic mass is 32.1. The summed E-state index contributed by atoms with van der Waals surface area (Å²) in [7, 11) is 0.